The predicted molar refractivity (Wildman–Crippen MR) is 127 cm³/mol. The van der Waals surface area contributed by atoms with Crippen molar-refractivity contribution in [3.8, 4) is 17.2 Å². The lowest BCUT2D eigenvalue weighted by Gasteiger charge is -2.26. The fraction of sp³-hybridized carbons (Fsp3) is 0.308. The van der Waals surface area contributed by atoms with Gasteiger partial charge in [0.15, 0.2) is 11.5 Å². The number of carbonyl (C=O) groups is 2. The van der Waals surface area contributed by atoms with Crippen molar-refractivity contribution in [1.82, 2.24) is 9.80 Å². The van der Waals surface area contributed by atoms with Crippen LogP contribution < -0.4 is 14.2 Å². The number of hydrogen-bond acceptors (Lipinski definition) is 7. The fourth-order valence-corrected chi connectivity index (χ4v) is 4.01. The Morgan fingerprint density at radius 2 is 1.85 bits per heavy atom. The Kier molecular flexibility index (Phi) is 6.88. The lowest BCUT2D eigenvalue weighted by atomic mass is 9.95. The number of aliphatic hydroxyl groups excluding tert-OH is 1. The van der Waals surface area contributed by atoms with E-state index >= 15 is 0 Å². The zero-order chi connectivity index (χ0) is 24.2. The second-order valence-corrected chi connectivity index (χ2v) is 8.32. The van der Waals surface area contributed by atoms with Gasteiger partial charge in [-0.3, -0.25) is 9.59 Å². The summed E-state index contributed by atoms with van der Waals surface area (Å²) in [7, 11) is 3.79. The van der Waals surface area contributed by atoms with Gasteiger partial charge in [0.25, 0.3) is 11.7 Å². The molecule has 2 aliphatic rings. The molecule has 2 aliphatic heterocycles. The molecule has 1 amide bonds. The average molecular weight is 465 g/mol. The van der Waals surface area contributed by atoms with Crippen LogP contribution in [0.25, 0.3) is 5.76 Å². The van der Waals surface area contributed by atoms with E-state index in [0.717, 1.165) is 0 Å². The number of Topliss-reactive ketones (excluding diaryl/α,β-unsaturated/α-hetero) is 1. The molecule has 0 radical (unpaired) electrons. The molecule has 1 saturated heterocycles. The highest BCUT2D eigenvalue weighted by Crippen LogP contribution is 2.41. The van der Waals surface area contributed by atoms with E-state index in [1.807, 2.05) is 19.0 Å². The number of nitrogens with zero attached hydrogens (tertiary/aromatic N) is 2. The van der Waals surface area contributed by atoms with E-state index in [1.54, 1.807) is 48.5 Å². The number of rotatable bonds is 8. The minimum atomic E-state index is -0.735. The number of likely N-dealkylation sites (N-methyl/N-ethyl adjacent to an activating group) is 1. The molecular weight excluding hydrogens is 436 g/mol. The minimum absolute atomic E-state index is 0.0418. The molecule has 2 aromatic rings. The Balaban J connectivity index is 1.77. The standard InChI is InChI=1S/C26H28N2O6/c1-4-13-32-19-8-5-17(6-9-19)23-22(25(30)26(31)28(23)12-11-27(2)3)24(29)18-7-10-20-21(16-18)34-15-14-33-20/h4-10,16,23,29H,1,11-15H2,2-3H3/b24-22+/t23-/m0/s1. The van der Waals surface area contributed by atoms with E-state index in [0.29, 0.717) is 61.3 Å². The SMILES string of the molecule is C=CCOc1ccc([C@H]2/C(=C(\O)c3ccc4c(c3)OCCO4)C(=O)C(=O)N2CCN(C)C)cc1. The Hall–Kier alpha value is -3.78. The van der Waals surface area contributed by atoms with E-state index in [4.69, 9.17) is 14.2 Å². The summed E-state index contributed by atoms with van der Waals surface area (Å²) >= 11 is 0. The van der Waals surface area contributed by atoms with Crippen molar-refractivity contribution in [3.63, 3.8) is 0 Å². The summed E-state index contributed by atoms with van der Waals surface area (Å²) in [6, 6.07) is 11.4. The predicted octanol–water partition coefficient (Wildman–Crippen LogP) is 3.01. The number of hydrogen-bond donors (Lipinski definition) is 1. The molecule has 0 spiro atoms. The lowest BCUT2D eigenvalue weighted by molar-refractivity contribution is -0.140. The van der Waals surface area contributed by atoms with Crippen molar-refractivity contribution in [3.05, 3.63) is 71.8 Å². The molecule has 0 aliphatic carbocycles. The van der Waals surface area contributed by atoms with Gasteiger partial charge in [-0.15, -0.1) is 0 Å². The summed E-state index contributed by atoms with van der Waals surface area (Å²) in [5.41, 5.74) is 1.12. The van der Waals surface area contributed by atoms with Gasteiger partial charge in [0.2, 0.25) is 0 Å². The van der Waals surface area contributed by atoms with Crippen LogP contribution in [0.3, 0.4) is 0 Å². The van der Waals surface area contributed by atoms with Gasteiger partial charge in [-0.05, 0) is 50.0 Å². The van der Waals surface area contributed by atoms with Crippen molar-refractivity contribution in [2.45, 2.75) is 6.04 Å². The van der Waals surface area contributed by atoms with Crippen molar-refractivity contribution < 1.29 is 28.9 Å². The number of likely N-dealkylation sites (tertiary alicyclic amines) is 1. The van der Waals surface area contributed by atoms with Crippen molar-refractivity contribution in [1.29, 1.82) is 0 Å². The van der Waals surface area contributed by atoms with Crippen LogP contribution in [0.15, 0.2) is 60.7 Å². The van der Waals surface area contributed by atoms with E-state index in [-0.39, 0.29) is 11.3 Å². The zero-order valence-electron chi connectivity index (χ0n) is 19.3. The fourth-order valence-electron chi connectivity index (χ4n) is 4.01. The maximum atomic E-state index is 13.1. The monoisotopic (exact) mass is 464 g/mol. The summed E-state index contributed by atoms with van der Waals surface area (Å²) in [4.78, 5) is 29.6. The van der Waals surface area contributed by atoms with Gasteiger partial charge in [0.1, 0.15) is 31.3 Å². The van der Waals surface area contributed by atoms with Crippen LogP contribution in [0.5, 0.6) is 17.2 Å². The molecule has 0 aromatic heterocycles. The lowest BCUT2D eigenvalue weighted by Crippen LogP contribution is -2.35. The Labute approximate surface area is 198 Å². The van der Waals surface area contributed by atoms with Crippen LogP contribution >= 0.6 is 0 Å². The number of ether oxygens (including phenoxy) is 3. The van der Waals surface area contributed by atoms with Crippen molar-refractivity contribution in [2.75, 3.05) is 47.0 Å². The van der Waals surface area contributed by atoms with Crippen LogP contribution in [0, 0.1) is 0 Å². The van der Waals surface area contributed by atoms with Gasteiger partial charge in [-0.2, -0.15) is 0 Å². The number of carbonyl (C=O) groups excluding carboxylic acids is 2. The van der Waals surface area contributed by atoms with Crippen LogP contribution in [0.1, 0.15) is 17.2 Å². The summed E-state index contributed by atoms with van der Waals surface area (Å²) < 4.78 is 16.7. The third-order valence-electron chi connectivity index (χ3n) is 5.71. The molecule has 2 heterocycles. The topological polar surface area (TPSA) is 88.5 Å². The summed E-state index contributed by atoms with van der Waals surface area (Å²) in [6.45, 7) is 5.74. The third kappa shape index (κ3) is 4.63. The molecule has 34 heavy (non-hydrogen) atoms. The van der Waals surface area contributed by atoms with Crippen LogP contribution in [0.4, 0.5) is 0 Å². The van der Waals surface area contributed by atoms with Crippen LogP contribution in [-0.2, 0) is 9.59 Å². The number of fused-ring (bicyclic) bond motifs is 1. The number of ketones is 1. The molecule has 8 heteroatoms. The van der Waals surface area contributed by atoms with Gasteiger partial charge < -0.3 is 29.1 Å². The van der Waals surface area contributed by atoms with E-state index in [2.05, 4.69) is 6.58 Å². The van der Waals surface area contributed by atoms with Gasteiger partial charge in [0.05, 0.1) is 11.6 Å². The highest BCUT2D eigenvalue weighted by molar-refractivity contribution is 6.46. The Bertz CT molecular complexity index is 1120. The molecule has 1 N–H and O–H groups in total. The molecule has 0 saturated carbocycles. The molecule has 0 bridgehead atoms. The van der Waals surface area contributed by atoms with Gasteiger partial charge in [-0.25, -0.2) is 0 Å². The molecule has 8 nitrogen and oxygen atoms in total. The van der Waals surface area contributed by atoms with E-state index in [9.17, 15) is 14.7 Å². The molecule has 0 unspecified atom stereocenters. The smallest absolute Gasteiger partial charge is 0.295 e. The Morgan fingerprint density at radius 1 is 1.15 bits per heavy atom. The highest BCUT2D eigenvalue weighted by Gasteiger charge is 2.46. The van der Waals surface area contributed by atoms with Gasteiger partial charge >= 0.3 is 0 Å². The molecule has 178 valence electrons. The summed E-state index contributed by atoms with van der Waals surface area (Å²) in [5, 5.41) is 11.2. The average Bonchev–Trinajstić information content (AvgIpc) is 3.10. The molecule has 4 rings (SSSR count). The maximum absolute atomic E-state index is 13.1. The first-order chi connectivity index (χ1) is 16.4. The van der Waals surface area contributed by atoms with Gasteiger partial charge in [0, 0.05) is 18.7 Å². The third-order valence-corrected chi connectivity index (χ3v) is 5.71. The van der Waals surface area contributed by atoms with Crippen molar-refractivity contribution in [2.24, 2.45) is 0 Å². The van der Waals surface area contributed by atoms with E-state index in [1.165, 1.54) is 4.90 Å². The molecule has 1 fully saturated rings. The Morgan fingerprint density at radius 3 is 2.53 bits per heavy atom. The molecule has 1 atom stereocenters. The minimum Gasteiger partial charge on any atom is -0.507 e. The number of benzene rings is 2. The maximum Gasteiger partial charge on any atom is 0.295 e. The second-order valence-electron chi connectivity index (χ2n) is 8.32. The van der Waals surface area contributed by atoms with Crippen LogP contribution in [0.2, 0.25) is 0 Å². The normalized spacial score (nSPS) is 18.9. The van der Waals surface area contributed by atoms with Crippen LogP contribution in [-0.4, -0.2) is 73.6 Å². The molecular formula is C26H28N2O6. The zero-order valence-corrected chi connectivity index (χ0v) is 19.3. The highest BCUT2D eigenvalue weighted by atomic mass is 16.6. The number of amides is 1. The molecule has 2 aromatic carbocycles. The van der Waals surface area contributed by atoms with Crippen molar-refractivity contribution >= 4 is 17.4 Å². The summed E-state index contributed by atoms with van der Waals surface area (Å²) in [5.74, 6) is 0.0831. The largest absolute Gasteiger partial charge is 0.507 e. The first kappa shape index (κ1) is 23.4. The first-order valence-electron chi connectivity index (χ1n) is 11.1. The van der Waals surface area contributed by atoms with Gasteiger partial charge in [-0.1, -0.05) is 24.8 Å². The number of aliphatic hydroxyl groups is 1. The first-order valence-corrected chi connectivity index (χ1v) is 11.1. The second kappa shape index (κ2) is 10.0. The summed E-state index contributed by atoms with van der Waals surface area (Å²) in [6.07, 6.45) is 1.65. The quantitative estimate of drug-likeness (QED) is 0.278. The van der Waals surface area contributed by atoms with E-state index < -0.39 is 17.7 Å².